The highest BCUT2D eigenvalue weighted by molar-refractivity contribution is 7.92. The number of phenolic OH excluding ortho intramolecular Hbond substituents is 1. The molecule has 0 aromatic heterocycles. The van der Waals surface area contributed by atoms with Crippen LogP contribution >= 0.6 is 0 Å². The van der Waals surface area contributed by atoms with Gasteiger partial charge in [-0.3, -0.25) is 9.10 Å². The molecular formula is C23H23N3O5S. The second kappa shape index (κ2) is 9.97. The van der Waals surface area contributed by atoms with E-state index in [1.54, 1.807) is 36.4 Å². The minimum absolute atomic E-state index is 0.0743. The molecule has 32 heavy (non-hydrogen) atoms. The van der Waals surface area contributed by atoms with Crippen molar-refractivity contribution in [2.45, 2.75) is 6.54 Å². The summed E-state index contributed by atoms with van der Waals surface area (Å²) in [6, 6.07) is 20.3. The first-order chi connectivity index (χ1) is 15.3. The number of carbonyl (C=O) groups is 1. The van der Waals surface area contributed by atoms with Gasteiger partial charge in [0.25, 0.3) is 5.91 Å². The maximum Gasteiger partial charge on any atom is 0.273 e. The van der Waals surface area contributed by atoms with Gasteiger partial charge in [0.05, 0.1) is 37.4 Å². The molecule has 1 amide bonds. The number of hydrogen-bond donors (Lipinski definition) is 2. The Bertz CT molecular complexity index is 1230. The van der Waals surface area contributed by atoms with E-state index >= 15 is 0 Å². The Morgan fingerprint density at radius 1 is 1.06 bits per heavy atom. The Labute approximate surface area is 186 Å². The summed E-state index contributed by atoms with van der Waals surface area (Å²) >= 11 is 0. The van der Waals surface area contributed by atoms with Gasteiger partial charge in [-0.1, -0.05) is 48.5 Å². The number of carbonyl (C=O) groups excluding carboxylic acids is 1. The molecule has 0 aliphatic rings. The molecule has 2 N–H and O–H groups in total. The normalized spacial score (nSPS) is 11.3. The SMILES string of the molecule is COc1cccc(C=NNC(=O)c2ccccc2N(Cc2ccccc2)S(C)(=O)=O)c1O. The number of ether oxygens (including phenoxy) is 1. The first kappa shape index (κ1) is 22.8. The van der Waals surface area contributed by atoms with Crippen molar-refractivity contribution in [3.63, 3.8) is 0 Å². The van der Waals surface area contributed by atoms with Crippen LogP contribution in [0.15, 0.2) is 77.9 Å². The van der Waals surface area contributed by atoms with Crippen LogP contribution < -0.4 is 14.5 Å². The topological polar surface area (TPSA) is 108 Å². The lowest BCUT2D eigenvalue weighted by Crippen LogP contribution is -2.32. The lowest BCUT2D eigenvalue weighted by Gasteiger charge is -2.24. The zero-order valence-electron chi connectivity index (χ0n) is 17.6. The second-order valence-corrected chi connectivity index (χ2v) is 8.78. The van der Waals surface area contributed by atoms with E-state index in [-0.39, 0.29) is 29.3 Å². The van der Waals surface area contributed by atoms with Crippen molar-refractivity contribution in [3.05, 3.63) is 89.5 Å². The summed E-state index contributed by atoms with van der Waals surface area (Å²) in [5, 5.41) is 14.0. The average Bonchev–Trinajstić information content (AvgIpc) is 2.78. The third-order valence-corrected chi connectivity index (χ3v) is 5.73. The van der Waals surface area contributed by atoms with Crippen molar-refractivity contribution in [2.75, 3.05) is 17.7 Å². The second-order valence-electron chi connectivity index (χ2n) is 6.87. The molecule has 0 fully saturated rings. The number of aromatic hydroxyl groups is 1. The van der Waals surface area contributed by atoms with Crippen molar-refractivity contribution in [1.29, 1.82) is 0 Å². The number of benzene rings is 3. The standard InChI is InChI=1S/C23H23N3O5S/c1-31-21-14-8-11-18(22(21)27)15-24-25-23(28)19-12-6-7-13-20(19)26(32(2,29)30)16-17-9-4-3-5-10-17/h3-15,27H,16H2,1-2H3,(H,25,28). The van der Waals surface area contributed by atoms with E-state index < -0.39 is 15.9 Å². The summed E-state index contributed by atoms with van der Waals surface area (Å²) in [5.41, 5.74) is 3.88. The van der Waals surface area contributed by atoms with Crippen molar-refractivity contribution in [1.82, 2.24) is 5.43 Å². The van der Waals surface area contributed by atoms with Crippen LogP contribution in [0.3, 0.4) is 0 Å². The lowest BCUT2D eigenvalue weighted by atomic mass is 10.1. The number of nitrogens with zero attached hydrogens (tertiary/aromatic N) is 2. The fraction of sp³-hybridized carbons (Fsp3) is 0.130. The van der Waals surface area contributed by atoms with Crippen molar-refractivity contribution in [3.8, 4) is 11.5 Å². The third-order valence-electron chi connectivity index (χ3n) is 4.61. The average molecular weight is 454 g/mol. The van der Waals surface area contributed by atoms with E-state index in [0.717, 1.165) is 11.8 Å². The number of nitrogens with one attached hydrogen (secondary N) is 1. The van der Waals surface area contributed by atoms with Gasteiger partial charge in [-0.2, -0.15) is 5.10 Å². The summed E-state index contributed by atoms with van der Waals surface area (Å²) in [6.07, 6.45) is 2.37. The molecule has 0 unspecified atom stereocenters. The molecule has 0 radical (unpaired) electrons. The molecule has 0 heterocycles. The molecule has 3 aromatic rings. The van der Waals surface area contributed by atoms with Gasteiger partial charge >= 0.3 is 0 Å². The summed E-state index contributed by atoms with van der Waals surface area (Å²) < 4.78 is 31.3. The maximum atomic E-state index is 12.8. The smallest absolute Gasteiger partial charge is 0.273 e. The van der Waals surface area contributed by atoms with Gasteiger partial charge in [-0.05, 0) is 29.8 Å². The van der Waals surface area contributed by atoms with Crippen LogP contribution in [0.1, 0.15) is 21.5 Å². The van der Waals surface area contributed by atoms with Crippen molar-refractivity contribution in [2.24, 2.45) is 5.10 Å². The number of anilines is 1. The monoisotopic (exact) mass is 453 g/mol. The minimum Gasteiger partial charge on any atom is -0.504 e. The van der Waals surface area contributed by atoms with Crippen LogP contribution in [0.4, 0.5) is 5.69 Å². The Balaban J connectivity index is 1.87. The molecule has 0 bridgehead atoms. The zero-order valence-corrected chi connectivity index (χ0v) is 18.4. The Morgan fingerprint density at radius 3 is 2.44 bits per heavy atom. The lowest BCUT2D eigenvalue weighted by molar-refractivity contribution is 0.0955. The predicted molar refractivity (Wildman–Crippen MR) is 124 cm³/mol. The molecule has 0 saturated heterocycles. The Kier molecular flexibility index (Phi) is 7.11. The summed E-state index contributed by atoms with van der Waals surface area (Å²) in [7, 11) is -2.25. The fourth-order valence-corrected chi connectivity index (χ4v) is 3.94. The number of hydrazone groups is 1. The van der Waals surface area contributed by atoms with Gasteiger partial charge in [0.2, 0.25) is 10.0 Å². The van der Waals surface area contributed by atoms with Crippen LogP contribution in [0, 0.1) is 0 Å². The number of methoxy groups -OCH3 is 1. The van der Waals surface area contributed by atoms with E-state index in [2.05, 4.69) is 10.5 Å². The first-order valence-electron chi connectivity index (χ1n) is 9.61. The maximum absolute atomic E-state index is 12.8. The Hall–Kier alpha value is -3.85. The minimum atomic E-state index is -3.68. The van der Waals surface area contributed by atoms with Crippen molar-refractivity contribution < 1.29 is 23.1 Å². The number of phenols is 1. The molecular weight excluding hydrogens is 430 g/mol. The molecule has 8 nitrogen and oxygen atoms in total. The fourth-order valence-electron chi connectivity index (χ4n) is 3.04. The quantitative estimate of drug-likeness (QED) is 0.402. The van der Waals surface area contributed by atoms with Gasteiger partial charge < -0.3 is 9.84 Å². The van der Waals surface area contributed by atoms with Gasteiger partial charge in [-0.25, -0.2) is 13.8 Å². The Morgan fingerprint density at radius 2 is 1.75 bits per heavy atom. The first-order valence-corrected chi connectivity index (χ1v) is 11.5. The summed E-state index contributed by atoms with van der Waals surface area (Å²) in [5.74, 6) is -0.434. The van der Waals surface area contributed by atoms with Gasteiger partial charge in [0, 0.05) is 5.56 Å². The van der Waals surface area contributed by atoms with Gasteiger partial charge in [0.15, 0.2) is 11.5 Å². The highest BCUT2D eigenvalue weighted by Crippen LogP contribution is 2.28. The number of para-hydroxylation sites is 2. The molecule has 0 spiro atoms. The van der Waals surface area contributed by atoms with Gasteiger partial charge in [0.1, 0.15) is 0 Å². The van der Waals surface area contributed by atoms with E-state index in [1.807, 2.05) is 30.3 Å². The zero-order chi connectivity index (χ0) is 23.1. The molecule has 3 rings (SSSR count). The highest BCUT2D eigenvalue weighted by atomic mass is 32.2. The van der Waals surface area contributed by atoms with Crippen LogP contribution in [0.2, 0.25) is 0 Å². The largest absolute Gasteiger partial charge is 0.504 e. The van der Waals surface area contributed by atoms with E-state index in [9.17, 15) is 18.3 Å². The molecule has 0 aliphatic heterocycles. The number of amides is 1. The molecule has 0 saturated carbocycles. The molecule has 0 atom stereocenters. The van der Waals surface area contributed by atoms with E-state index in [4.69, 9.17) is 4.74 Å². The van der Waals surface area contributed by atoms with E-state index in [0.29, 0.717) is 5.56 Å². The summed E-state index contributed by atoms with van der Waals surface area (Å²) in [4.78, 5) is 12.8. The highest BCUT2D eigenvalue weighted by Gasteiger charge is 2.23. The molecule has 0 aliphatic carbocycles. The van der Waals surface area contributed by atoms with Crippen LogP contribution in [-0.4, -0.2) is 39.0 Å². The number of rotatable bonds is 8. The van der Waals surface area contributed by atoms with Crippen molar-refractivity contribution >= 4 is 27.8 Å². The van der Waals surface area contributed by atoms with Crippen LogP contribution in [-0.2, 0) is 16.6 Å². The molecule has 9 heteroatoms. The molecule has 3 aromatic carbocycles. The summed E-state index contributed by atoms with van der Waals surface area (Å²) in [6.45, 7) is 0.0743. The van der Waals surface area contributed by atoms with E-state index in [1.165, 1.54) is 23.7 Å². The number of sulfonamides is 1. The van der Waals surface area contributed by atoms with Gasteiger partial charge in [-0.15, -0.1) is 0 Å². The predicted octanol–water partition coefficient (Wildman–Crippen LogP) is 3.13. The van der Waals surface area contributed by atoms with Crippen LogP contribution in [0.5, 0.6) is 11.5 Å². The van der Waals surface area contributed by atoms with Crippen LogP contribution in [0.25, 0.3) is 0 Å². The third kappa shape index (κ3) is 5.44. The number of hydrogen-bond acceptors (Lipinski definition) is 6. The molecule has 166 valence electrons.